The Balaban J connectivity index is 1.56. The van der Waals surface area contributed by atoms with Crippen LogP contribution in [0.1, 0.15) is 65.2 Å². The van der Waals surface area contributed by atoms with Crippen LogP contribution in [-0.4, -0.2) is 53.3 Å². The van der Waals surface area contributed by atoms with Crippen molar-refractivity contribution in [1.29, 1.82) is 0 Å². The van der Waals surface area contributed by atoms with Crippen molar-refractivity contribution in [1.82, 2.24) is 15.5 Å². The number of halogens is 2. The second-order valence-electron chi connectivity index (χ2n) is 8.65. The third kappa shape index (κ3) is 4.29. The van der Waals surface area contributed by atoms with Crippen molar-refractivity contribution < 1.29 is 18.4 Å². The molecule has 3 aliphatic rings. The van der Waals surface area contributed by atoms with Gasteiger partial charge in [-0.3, -0.25) is 4.79 Å². The number of fused-ring (bicyclic) bond motifs is 2. The molecular weight excluding hydrogens is 340 g/mol. The molecule has 2 aliphatic carbocycles. The summed E-state index contributed by atoms with van der Waals surface area (Å²) in [5.41, 5.74) is -2.10. The molecule has 1 heterocycles. The van der Waals surface area contributed by atoms with Gasteiger partial charge in [0.05, 0.1) is 0 Å². The average Bonchev–Trinajstić information content (AvgIpc) is 2.53. The zero-order valence-corrected chi connectivity index (χ0v) is 15.8. The lowest BCUT2D eigenvalue weighted by molar-refractivity contribution is -0.129. The third-order valence-electron chi connectivity index (χ3n) is 6.50. The Hall–Kier alpha value is -1.40. The van der Waals surface area contributed by atoms with Gasteiger partial charge in [0.2, 0.25) is 5.91 Å². The zero-order chi connectivity index (χ0) is 18.9. The van der Waals surface area contributed by atoms with Crippen molar-refractivity contribution in [3.05, 3.63) is 0 Å². The van der Waals surface area contributed by atoms with E-state index in [-0.39, 0.29) is 36.7 Å². The molecule has 2 bridgehead atoms. The van der Waals surface area contributed by atoms with Crippen molar-refractivity contribution in [3.63, 3.8) is 0 Å². The number of carbonyl (C=O) groups is 2. The number of alkyl halides is 2. The number of nitrogens with one attached hydrogen (secondary N) is 2. The fraction of sp³-hybridized carbons (Fsp3) is 0.895. The van der Waals surface area contributed by atoms with Crippen LogP contribution in [0.4, 0.5) is 13.6 Å². The van der Waals surface area contributed by atoms with Crippen LogP contribution in [0.2, 0.25) is 0 Å². The minimum atomic E-state index is -1.50. The van der Waals surface area contributed by atoms with Crippen LogP contribution in [0, 0.1) is 5.92 Å². The van der Waals surface area contributed by atoms with Gasteiger partial charge in [-0.15, -0.1) is 0 Å². The van der Waals surface area contributed by atoms with Gasteiger partial charge in [-0.05, 0) is 44.4 Å². The Kier molecular flexibility index (Phi) is 5.45. The Morgan fingerprint density at radius 2 is 1.88 bits per heavy atom. The van der Waals surface area contributed by atoms with E-state index in [1.54, 1.807) is 11.8 Å². The molecule has 4 atom stereocenters. The summed E-state index contributed by atoms with van der Waals surface area (Å²) in [5, 5.41) is 6.03. The summed E-state index contributed by atoms with van der Waals surface area (Å²) in [6, 6.07) is -0.245. The number of piperidine rings is 1. The molecule has 148 valence electrons. The van der Waals surface area contributed by atoms with E-state index in [1.807, 2.05) is 6.92 Å². The van der Waals surface area contributed by atoms with Gasteiger partial charge in [0, 0.05) is 44.4 Å². The van der Waals surface area contributed by atoms with Gasteiger partial charge >= 0.3 is 6.03 Å². The number of likely N-dealkylation sites (tertiary alicyclic amines) is 1. The van der Waals surface area contributed by atoms with Crippen molar-refractivity contribution in [2.45, 2.75) is 88.6 Å². The molecule has 0 aromatic carbocycles. The van der Waals surface area contributed by atoms with Gasteiger partial charge in [-0.2, -0.15) is 0 Å². The maximum atomic E-state index is 15.1. The molecule has 3 amide bonds. The largest absolute Gasteiger partial charge is 0.343 e. The summed E-state index contributed by atoms with van der Waals surface area (Å²) < 4.78 is 28.9. The lowest BCUT2D eigenvalue weighted by Gasteiger charge is -2.51. The fourth-order valence-electron chi connectivity index (χ4n) is 5.31. The zero-order valence-electron chi connectivity index (χ0n) is 15.8. The van der Waals surface area contributed by atoms with Gasteiger partial charge in [0.1, 0.15) is 11.8 Å². The number of carbonyl (C=O) groups excluding carboxylic acids is 2. The maximum absolute atomic E-state index is 15.1. The molecule has 0 radical (unpaired) electrons. The van der Waals surface area contributed by atoms with E-state index in [9.17, 15) is 14.0 Å². The minimum Gasteiger partial charge on any atom is -0.343 e. The Morgan fingerprint density at radius 3 is 2.46 bits per heavy atom. The standard InChI is InChI=1S/C19H31F2N3O2/c1-3-19(10-14-8-15(20)11-18(21,9-14)12-19)23-17(26)22-16-4-6-24(7-5-16)13(2)25/h14-16H,3-12H2,1-2H3,(H2,22,23,26). The van der Waals surface area contributed by atoms with Crippen LogP contribution in [0.5, 0.6) is 0 Å². The van der Waals surface area contributed by atoms with E-state index < -0.39 is 17.4 Å². The quantitative estimate of drug-likeness (QED) is 0.801. The summed E-state index contributed by atoms with van der Waals surface area (Å²) in [4.78, 5) is 25.7. The second kappa shape index (κ2) is 7.31. The third-order valence-corrected chi connectivity index (χ3v) is 6.50. The second-order valence-corrected chi connectivity index (χ2v) is 8.65. The van der Waals surface area contributed by atoms with E-state index in [1.165, 1.54) is 0 Å². The molecule has 0 aromatic heterocycles. The molecule has 3 fully saturated rings. The molecule has 4 unspecified atom stereocenters. The lowest BCUT2D eigenvalue weighted by Crippen LogP contribution is -2.61. The molecule has 5 nitrogen and oxygen atoms in total. The van der Waals surface area contributed by atoms with Crippen LogP contribution >= 0.6 is 0 Å². The van der Waals surface area contributed by atoms with Gasteiger partial charge in [0.25, 0.3) is 0 Å². The Bertz CT molecular complexity index is 549. The number of rotatable bonds is 3. The SMILES string of the molecule is CCC1(NC(=O)NC2CCN(C(C)=O)CC2)CC2CC(F)CC(F)(C2)C1. The summed E-state index contributed by atoms with van der Waals surface area (Å²) in [5.74, 6) is 0.0579. The summed E-state index contributed by atoms with van der Waals surface area (Å²) in [7, 11) is 0. The lowest BCUT2D eigenvalue weighted by atomic mass is 9.62. The predicted octanol–water partition coefficient (Wildman–Crippen LogP) is 3.09. The molecule has 1 saturated heterocycles. The highest BCUT2D eigenvalue weighted by molar-refractivity contribution is 5.75. The van der Waals surface area contributed by atoms with Gasteiger partial charge in [-0.25, -0.2) is 13.6 Å². The van der Waals surface area contributed by atoms with Crippen molar-refractivity contribution >= 4 is 11.9 Å². The van der Waals surface area contributed by atoms with Gasteiger partial charge in [-0.1, -0.05) is 6.92 Å². The van der Waals surface area contributed by atoms with Gasteiger partial charge in [0.15, 0.2) is 0 Å². The Labute approximate surface area is 154 Å². The fourth-order valence-corrected chi connectivity index (χ4v) is 5.31. The van der Waals surface area contributed by atoms with E-state index in [0.29, 0.717) is 38.8 Å². The highest BCUT2D eigenvalue weighted by Gasteiger charge is 2.53. The van der Waals surface area contributed by atoms with Crippen LogP contribution in [0.25, 0.3) is 0 Å². The first-order valence-electron chi connectivity index (χ1n) is 9.90. The topological polar surface area (TPSA) is 61.4 Å². The number of urea groups is 1. The maximum Gasteiger partial charge on any atom is 0.315 e. The van der Waals surface area contributed by atoms with Crippen molar-refractivity contribution in [2.24, 2.45) is 5.92 Å². The monoisotopic (exact) mass is 371 g/mol. The Morgan fingerprint density at radius 1 is 1.19 bits per heavy atom. The normalized spacial score (nSPS) is 37.9. The highest BCUT2D eigenvalue weighted by Crippen LogP contribution is 2.50. The van der Waals surface area contributed by atoms with Crippen LogP contribution in [-0.2, 0) is 4.79 Å². The molecule has 7 heteroatoms. The number of amides is 3. The van der Waals surface area contributed by atoms with Crippen LogP contribution in [0.3, 0.4) is 0 Å². The average molecular weight is 371 g/mol. The molecule has 2 N–H and O–H groups in total. The summed E-state index contributed by atoms with van der Waals surface area (Å²) in [6.07, 6.45) is 2.66. The number of nitrogens with zero attached hydrogens (tertiary/aromatic N) is 1. The molecule has 26 heavy (non-hydrogen) atoms. The van der Waals surface area contributed by atoms with Gasteiger partial charge < -0.3 is 15.5 Å². The first kappa shape index (κ1) is 19.4. The molecule has 1 aliphatic heterocycles. The van der Waals surface area contributed by atoms with E-state index in [2.05, 4.69) is 10.6 Å². The van der Waals surface area contributed by atoms with Crippen LogP contribution < -0.4 is 10.6 Å². The first-order chi connectivity index (χ1) is 12.2. The predicted molar refractivity (Wildman–Crippen MR) is 95.3 cm³/mol. The number of hydrogen-bond acceptors (Lipinski definition) is 2. The van der Waals surface area contributed by atoms with Crippen LogP contribution in [0.15, 0.2) is 0 Å². The highest BCUT2D eigenvalue weighted by atomic mass is 19.2. The molecular formula is C19H31F2N3O2. The molecule has 2 saturated carbocycles. The number of hydrogen-bond donors (Lipinski definition) is 2. The van der Waals surface area contributed by atoms with Crippen molar-refractivity contribution in [3.8, 4) is 0 Å². The smallest absolute Gasteiger partial charge is 0.315 e. The molecule has 0 aromatic rings. The molecule has 0 spiro atoms. The molecule has 3 rings (SSSR count). The first-order valence-corrected chi connectivity index (χ1v) is 9.90. The van der Waals surface area contributed by atoms with E-state index in [4.69, 9.17) is 0 Å². The van der Waals surface area contributed by atoms with Crippen molar-refractivity contribution in [2.75, 3.05) is 13.1 Å². The van der Waals surface area contributed by atoms with E-state index in [0.717, 1.165) is 12.8 Å². The summed E-state index contributed by atoms with van der Waals surface area (Å²) in [6.45, 7) is 4.81. The summed E-state index contributed by atoms with van der Waals surface area (Å²) >= 11 is 0. The van der Waals surface area contributed by atoms with E-state index >= 15 is 4.39 Å². The minimum absolute atomic E-state index is 0.00319.